The first-order valence-corrected chi connectivity index (χ1v) is 11.2. The fourth-order valence-electron chi connectivity index (χ4n) is 3.01. The summed E-state index contributed by atoms with van der Waals surface area (Å²) in [5, 5.41) is 15.4. The van der Waals surface area contributed by atoms with E-state index in [4.69, 9.17) is 0 Å². The Kier molecular flexibility index (Phi) is 5.57. The van der Waals surface area contributed by atoms with E-state index < -0.39 is 21.5 Å². The van der Waals surface area contributed by atoms with Crippen molar-refractivity contribution < 1.29 is 13.5 Å². The molecule has 10 heteroatoms. The van der Waals surface area contributed by atoms with Crippen molar-refractivity contribution in [1.29, 1.82) is 0 Å². The molecule has 0 aliphatic heterocycles. The Morgan fingerprint density at radius 2 is 1.68 bits per heavy atom. The van der Waals surface area contributed by atoms with Gasteiger partial charge in [-0.15, -0.1) is 0 Å². The minimum Gasteiger partial charge on any atom is -0.494 e. The predicted octanol–water partition coefficient (Wildman–Crippen LogP) is 3.17. The number of nitrogens with one attached hydrogen (secondary N) is 1. The van der Waals surface area contributed by atoms with Gasteiger partial charge in [0.1, 0.15) is 5.82 Å². The van der Waals surface area contributed by atoms with Gasteiger partial charge in [0.25, 0.3) is 15.6 Å². The van der Waals surface area contributed by atoms with E-state index in [2.05, 4.69) is 30.8 Å². The summed E-state index contributed by atoms with van der Waals surface area (Å²) >= 11 is 3.25. The van der Waals surface area contributed by atoms with Crippen molar-refractivity contribution in [3.8, 4) is 11.7 Å². The SMILES string of the molecule is O=c1c2ccccc2c(/C=N/NS(=O)(=O)c2ccc(Br)cc2)c(O)n1-c1ccccn1. The molecule has 0 atom stereocenters. The van der Waals surface area contributed by atoms with Crippen LogP contribution in [0.5, 0.6) is 5.88 Å². The first-order valence-electron chi connectivity index (χ1n) is 8.97. The van der Waals surface area contributed by atoms with Gasteiger partial charge in [-0.1, -0.05) is 40.2 Å². The van der Waals surface area contributed by atoms with Crippen LogP contribution in [-0.2, 0) is 10.0 Å². The molecule has 4 aromatic rings. The summed E-state index contributed by atoms with van der Waals surface area (Å²) in [6.45, 7) is 0. The lowest BCUT2D eigenvalue weighted by Gasteiger charge is -2.12. The molecule has 4 rings (SSSR count). The van der Waals surface area contributed by atoms with Crippen LogP contribution in [-0.4, -0.2) is 29.3 Å². The zero-order chi connectivity index (χ0) is 22.0. The zero-order valence-electron chi connectivity index (χ0n) is 15.8. The van der Waals surface area contributed by atoms with Crippen LogP contribution >= 0.6 is 15.9 Å². The van der Waals surface area contributed by atoms with Crippen molar-refractivity contribution in [1.82, 2.24) is 14.4 Å². The number of benzene rings is 2. The molecule has 0 fully saturated rings. The van der Waals surface area contributed by atoms with E-state index in [1.165, 1.54) is 18.3 Å². The Morgan fingerprint density at radius 3 is 2.35 bits per heavy atom. The summed E-state index contributed by atoms with van der Waals surface area (Å²) < 4.78 is 26.7. The number of halogens is 1. The third-order valence-electron chi connectivity index (χ3n) is 4.47. The maximum atomic E-state index is 13.0. The molecular weight excluding hydrogens is 484 g/mol. The van der Waals surface area contributed by atoms with Crippen LogP contribution in [0.4, 0.5) is 0 Å². The summed E-state index contributed by atoms with van der Waals surface area (Å²) in [6, 6.07) is 17.6. The number of hydrogen-bond donors (Lipinski definition) is 2. The van der Waals surface area contributed by atoms with Crippen LogP contribution in [0.25, 0.3) is 16.6 Å². The van der Waals surface area contributed by atoms with Crippen LogP contribution in [0.15, 0.2) is 92.2 Å². The number of sulfonamides is 1. The number of hydrazone groups is 1. The predicted molar refractivity (Wildman–Crippen MR) is 121 cm³/mol. The summed E-state index contributed by atoms with van der Waals surface area (Å²) in [4.78, 5) is 19.2. The minimum absolute atomic E-state index is 0.0281. The molecule has 0 aliphatic carbocycles. The van der Waals surface area contributed by atoms with Gasteiger partial charge in [-0.05, 0) is 42.5 Å². The minimum atomic E-state index is -3.92. The molecule has 2 N–H and O–H groups in total. The van der Waals surface area contributed by atoms with Crippen molar-refractivity contribution in [2.24, 2.45) is 5.10 Å². The summed E-state index contributed by atoms with van der Waals surface area (Å²) in [7, 11) is -3.92. The van der Waals surface area contributed by atoms with Crippen LogP contribution in [0.1, 0.15) is 5.56 Å². The Bertz CT molecular complexity index is 1450. The van der Waals surface area contributed by atoms with Gasteiger partial charge in [-0.2, -0.15) is 13.5 Å². The quantitative estimate of drug-likeness (QED) is 0.324. The highest BCUT2D eigenvalue weighted by molar-refractivity contribution is 9.10. The molecule has 31 heavy (non-hydrogen) atoms. The van der Waals surface area contributed by atoms with Gasteiger partial charge in [0, 0.05) is 21.4 Å². The van der Waals surface area contributed by atoms with Gasteiger partial charge >= 0.3 is 0 Å². The van der Waals surface area contributed by atoms with Gasteiger partial charge in [0.15, 0.2) is 0 Å². The molecule has 0 saturated carbocycles. The number of aromatic hydroxyl groups is 1. The number of hydrogen-bond acceptors (Lipinski definition) is 6. The summed E-state index contributed by atoms with van der Waals surface area (Å²) in [6.07, 6.45) is 2.66. The second-order valence-electron chi connectivity index (χ2n) is 6.42. The first kappa shape index (κ1) is 20.8. The second-order valence-corrected chi connectivity index (χ2v) is 8.99. The normalized spacial score (nSPS) is 11.8. The maximum absolute atomic E-state index is 13.0. The van der Waals surface area contributed by atoms with E-state index in [-0.39, 0.29) is 16.3 Å². The van der Waals surface area contributed by atoms with Crippen molar-refractivity contribution in [3.05, 3.63) is 93.3 Å². The number of fused-ring (bicyclic) bond motifs is 1. The molecular formula is C21H15BrN4O4S. The van der Waals surface area contributed by atoms with Crippen molar-refractivity contribution in [2.75, 3.05) is 0 Å². The van der Waals surface area contributed by atoms with E-state index in [9.17, 15) is 18.3 Å². The molecule has 0 amide bonds. The lowest BCUT2D eigenvalue weighted by molar-refractivity contribution is 0.435. The zero-order valence-corrected chi connectivity index (χ0v) is 18.2. The maximum Gasteiger partial charge on any atom is 0.276 e. The molecule has 0 bridgehead atoms. The lowest BCUT2D eigenvalue weighted by Crippen LogP contribution is -2.21. The topological polar surface area (TPSA) is 114 Å². The third kappa shape index (κ3) is 4.07. The average molecular weight is 499 g/mol. The molecule has 2 aromatic heterocycles. The molecule has 156 valence electrons. The standard InChI is InChI=1S/C21H15BrN4O4S/c22-14-8-10-15(11-9-14)31(29,30)25-24-13-18-16-5-1-2-6-17(16)20(27)26(21(18)28)19-7-3-4-12-23-19/h1-13,25,28H/b24-13+. The van der Waals surface area contributed by atoms with Crippen molar-refractivity contribution in [2.45, 2.75) is 4.90 Å². The molecule has 0 spiro atoms. The van der Waals surface area contributed by atoms with Gasteiger partial charge < -0.3 is 5.11 Å². The number of nitrogens with zero attached hydrogens (tertiary/aromatic N) is 3. The van der Waals surface area contributed by atoms with Crippen LogP contribution in [0.2, 0.25) is 0 Å². The second kappa shape index (κ2) is 8.32. The largest absolute Gasteiger partial charge is 0.494 e. The van der Waals surface area contributed by atoms with Gasteiger partial charge in [0.2, 0.25) is 5.88 Å². The molecule has 0 unspecified atom stereocenters. The monoisotopic (exact) mass is 498 g/mol. The highest BCUT2D eigenvalue weighted by atomic mass is 79.9. The van der Waals surface area contributed by atoms with Crippen LogP contribution in [0.3, 0.4) is 0 Å². The highest BCUT2D eigenvalue weighted by Crippen LogP contribution is 2.25. The molecule has 2 aromatic carbocycles. The Labute approximate surface area is 185 Å². The Morgan fingerprint density at radius 1 is 1.00 bits per heavy atom. The number of rotatable bonds is 5. The highest BCUT2D eigenvalue weighted by Gasteiger charge is 2.17. The lowest BCUT2D eigenvalue weighted by atomic mass is 10.1. The van der Waals surface area contributed by atoms with Gasteiger partial charge in [-0.25, -0.2) is 14.4 Å². The molecule has 0 radical (unpaired) electrons. The fourth-order valence-corrected chi connectivity index (χ4v) is 4.07. The van der Waals surface area contributed by atoms with E-state index in [0.29, 0.717) is 10.8 Å². The molecule has 2 heterocycles. The van der Waals surface area contributed by atoms with E-state index >= 15 is 0 Å². The fraction of sp³-hybridized carbons (Fsp3) is 0. The smallest absolute Gasteiger partial charge is 0.276 e. The number of aromatic nitrogens is 2. The third-order valence-corrected chi connectivity index (χ3v) is 6.24. The Hall–Kier alpha value is -3.50. The first-order chi connectivity index (χ1) is 14.9. The molecule has 0 aliphatic rings. The van der Waals surface area contributed by atoms with E-state index in [0.717, 1.165) is 15.3 Å². The molecule has 0 saturated heterocycles. The summed E-state index contributed by atoms with van der Waals surface area (Å²) in [5.74, 6) is -0.185. The Balaban J connectivity index is 1.80. The van der Waals surface area contributed by atoms with Crippen molar-refractivity contribution in [3.63, 3.8) is 0 Å². The van der Waals surface area contributed by atoms with E-state index in [1.807, 2.05) is 0 Å². The van der Waals surface area contributed by atoms with Crippen LogP contribution < -0.4 is 10.4 Å². The van der Waals surface area contributed by atoms with E-state index in [1.54, 1.807) is 54.6 Å². The number of pyridine rings is 2. The molecule has 8 nitrogen and oxygen atoms in total. The average Bonchev–Trinajstić information content (AvgIpc) is 2.77. The van der Waals surface area contributed by atoms with Crippen molar-refractivity contribution >= 4 is 42.9 Å². The van der Waals surface area contributed by atoms with Gasteiger partial charge in [0.05, 0.1) is 16.7 Å². The van der Waals surface area contributed by atoms with Crippen LogP contribution in [0, 0.1) is 0 Å². The summed E-state index contributed by atoms with van der Waals surface area (Å²) in [5.41, 5.74) is -0.293. The van der Waals surface area contributed by atoms with Gasteiger partial charge in [-0.3, -0.25) is 4.79 Å².